The number of hydrogen-bond acceptors (Lipinski definition) is 4. The van der Waals surface area contributed by atoms with Gasteiger partial charge in [-0.1, -0.05) is 12.1 Å². The van der Waals surface area contributed by atoms with Gasteiger partial charge in [0, 0.05) is 27.2 Å². The topological polar surface area (TPSA) is 55.3 Å². The molecule has 28 heavy (non-hydrogen) atoms. The van der Waals surface area contributed by atoms with Crippen molar-refractivity contribution in [2.24, 2.45) is 4.99 Å². The SMILES string of the molecule is CN=C(NCCc1cc(OC)ccc1OC)N(C)Cc1ccc(OC)cc1.I. The van der Waals surface area contributed by atoms with Crippen LogP contribution in [0.25, 0.3) is 0 Å². The van der Waals surface area contributed by atoms with Crippen LogP contribution in [0.2, 0.25) is 0 Å². The van der Waals surface area contributed by atoms with Gasteiger partial charge in [-0.05, 0) is 47.9 Å². The van der Waals surface area contributed by atoms with E-state index in [1.165, 1.54) is 5.56 Å². The van der Waals surface area contributed by atoms with Crippen LogP contribution in [0, 0.1) is 0 Å². The summed E-state index contributed by atoms with van der Waals surface area (Å²) in [6.07, 6.45) is 0.801. The van der Waals surface area contributed by atoms with Crippen molar-refractivity contribution in [3.8, 4) is 17.2 Å². The predicted molar refractivity (Wildman–Crippen MR) is 124 cm³/mol. The molecule has 154 valence electrons. The van der Waals surface area contributed by atoms with E-state index in [1.807, 2.05) is 37.4 Å². The minimum atomic E-state index is 0. The largest absolute Gasteiger partial charge is 0.497 e. The van der Waals surface area contributed by atoms with Crippen molar-refractivity contribution < 1.29 is 14.2 Å². The molecule has 0 aliphatic heterocycles. The van der Waals surface area contributed by atoms with Crippen molar-refractivity contribution in [1.29, 1.82) is 0 Å². The van der Waals surface area contributed by atoms with E-state index < -0.39 is 0 Å². The fourth-order valence-corrected chi connectivity index (χ4v) is 2.85. The molecule has 0 saturated carbocycles. The quantitative estimate of drug-likeness (QED) is 0.342. The van der Waals surface area contributed by atoms with Crippen LogP contribution in [0.15, 0.2) is 47.5 Å². The van der Waals surface area contributed by atoms with E-state index in [0.717, 1.165) is 48.3 Å². The zero-order chi connectivity index (χ0) is 19.6. The molecule has 7 heteroatoms. The maximum Gasteiger partial charge on any atom is 0.193 e. The molecule has 0 amide bonds. The third kappa shape index (κ3) is 6.78. The van der Waals surface area contributed by atoms with Crippen LogP contribution in [0.1, 0.15) is 11.1 Å². The second kappa shape index (κ2) is 12.3. The number of ether oxygens (including phenoxy) is 3. The molecule has 0 unspecified atom stereocenters. The summed E-state index contributed by atoms with van der Waals surface area (Å²) >= 11 is 0. The van der Waals surface area contributed by atoms with Crippen LogP contribution < -0.4 is 19.5 Å². The Hall–Kier alpha value is -2.16. The van der Waals surface area contributed by atoms with E-state index in [0.29, 0.717) is 0 Å². The number of aliphatic imine (C=N–C) groups is 1. The van der Waals surface area contributed by atoms with Crippen LogP contribution in [-0.2, 0) is 13.0 Å². The van der Waals surface area contributed by atoms with E-state index in [2.05, 4.69) is 27.3 Å². The minimum Gasteiger partial charge on any atom is -0.497 e. The van der Waals surface area contributed by atoms with Crippen LogP contribution >= 0.6 is 24.0 Å². The minimum absolute atomic E-state index is 0. The van der Waals surface area contributed by atoms with Gasteiger partial charge in [0.15, 0.2) is 5.96 Å². The third-order valence-electron chi connectivity index (χ3n) is 4.32. The highest BCUT2D eigenvalue weighted by molar-refractivity contribution is 14.0. The fraction of sp³-hybridized carbons (Fsp3) is 0.381. The van der Waals surface area contributed by atoms with Gasteiger partial charge in [0.05, 0.1) is 21.3 Å². The Bertz CT molecular complexity index is 751. The molecule has 0 aliphatic rings. The van der Waals surface area contributed by atoms with Gasteiger partial charge in [0.25, 0.3) is 0 Å². The lowest BCUT2D eigenvalue weighted by Gasteiger charge is -2.22. The van der Waals surface area contributed by atoms with E-state index in [1.54, 1.807) is 28.4 Å². The van der Waals surface area contributed by atoms with Gasteiger partial charge in [-0.25, -0.2) is 0 Å². The first-order valence-corrected chi connectivity index (χ1v) is 8.87. The van der Waals surface area contributed by atoms with Crippen molar-refractivity contribution in [2.45, 2.75) is 13.0 Å². The molecule has 0 heterocycles. The molecule has 0 atom stereocenters. The van der Waals surface area contributed by atoms with Gasteiger partial charge in [-0.3, -0.25) is 4.99 Å². The van der Waals surface area contributed by atoms with E-state index in [9.17, 15) is 0 Å². The molecule has 0 aliphatic carbocycles. The molecule has 0 bridgehead atoms. The van der Waals surface area contributed by atoms with Crippen molar-refractivity contribution in [3.05, 3.63) is 53.6 Å². The lowest BCUT2D eigenvalue weighted by atomic mass is 10.1. The number of nitrogens with one attached hydrogen (secondary N) is 1. The molecule has 0 aromatic heterocycles. The summed E-state index contributed by atoms with van der Waals surface area (Å²) in [4.78, 5) is 6.46. The molecule has 1 N–H and O–H groups in total. The Labute approximate surface area is 184 Å². The van der Waals surface area contributed by atoms with Crippen molar-refractivity contribution in [3.63, 3.8) is 0 Å². The van der Waals surface area contributed by atoms with Gasteiger partial charge in [-0.15, -0.1) is 24.0 Å². The molecule has 2 rings (SSSR count). The maximum atomic E-state index is 5.44. The zero-order valence-corrected chi connectivity index (χ0v) is 19.5. The highest BCUT2D eigenvalue weighted by atomic mass is 127. The summed E-state index contributed by atoms with van der Waals surface area (Å²) < 4.78 is 16.0. The summed E-state index contributed by atoms with van der Waals surface area (Å²) in [6, 6.07) is 13.9. The zero-order valence-electron chi connectivity index (χ0n) is 17.2. The van der Waals surface area contributed by atoms with Gasteiger partial charge >= 0.3 is 0 Å². The van der Waals surface area contributed by atoms with Crippen molar-refractivity contribution in [2.75, 3.05) is 42.0 Å². The molecule has 2 aromatic carbocycles. The van der Waals surface area contributed by atoms with E-state index >= 15 is 0 Å². The number of guanidine groups is 1. The van der Waals surface area contributed by atoms with Crippen LogP contribution in [-0.4, -0.2) is 52.8 Å². The van der Waals surface area contributed by atoms with E-state index in [4.69, 9.17) is 14.2 Å². The first-order chi connectivity index (χ1) is 13.1. The second-order valence-electron chi connectivity index (χ2n) is 6.11. The lowest BCUT2D eigenvalue weighted by Crippen LogP contribution is -2.39. The number of methoxy groups -OCH3 is 3. The highest BCUT2D eigenvalue weighted by Gasteiger charge is 2.09. The number of hydrogen-bond donors (Lipinski definition) is 1. The number of halogens is 1. The van der Waals surface area contributed by atoms with Crippen molar-refractivity contribution in [1.82, 2.24) is 10.2 Å². The Morgan fingerprint density at radius 1 is 0.964 bits per heavy atom. The standard InChI is InChI=1S/C21H29N3O3.HI/c1-22-21(24(2)15-16-6-8-18(25-3)9-7-16)23-13-12-17-14-19(26-4)10-11-20(17)27-5;/h6-11,14H,12-13,15H2,1-5H3,(H,22,23);1H. The third-order valence-corrected chi connectivity index (χ3v) is 4.32. The molecule has 0 saturated heterocycles. The summed E-state index contributed by atoms with van der Waals surface area (Å²) in [5.41, 5.74) is 2.29. The Kier molecular flexibility index (Phi) is 10.5. The van der Waals surface area contributed by atoms with Gasteiger partial charge < -0.3 is 24.4 Å². The molecule has 6 nitrogen and oxygen atoms in total. The average Bonchev–Trinajstić information content (AvgIpc) is 2.71. The van der Waals surface area contributed by atoms with Crippen molar-refractivity contribution >= 4 is 29.9 Å². The van der Waals surface area contributed by atoms with Gasteiger partial charge in [0.1, 0.15) is 17.2 Å². The molecule has 0 spiro atoms. The monoisotopic (exact) mass is 499 g/mol. The maximum absolute atomic E-state index is 5.44. The van der Waals surface area contributed by atoms with Gasteiger partial charge in [-0.2, -0.15) is 0 Å². The lowest BCUT2D eigenvalue weighted by molar-refractivity contribution is 0.398. The summed E-state index contributed by atoms with van der Waals surface area (Å²) in [6.45, 7) is 1.50. The van der Waals surface area contributed by atoms with Crippen LogP contribution in [0.5, 0.6) is 17.2 Å². The first kappa shape index (κ1) is 23.9. The van der Waals surface area contributed by atoms with E-state index in [-0.39, 0.29) is 24.0 Å². The number of rotatable bonds is 8. The average molecular weight is 499 g/mol. The molecule has 0 fully saturated rings. The molecular weight excluding hydrogens is 469 g/mol. The fourth-order valence-electron chi connectivity index (χ4n) is 2.85. The van der Waals surface area contributed by atoms with Crippen LogP contribution in [0.3, 0.4) is 0 Å². The predicted octanol–water partition coefficient (Wildman–Crippen LogP) is 3.58. The number of nitrogens with zero attached hydrogens (tertiary/aromatic N) is 2. The Balaban J connectivity index is 0.00000392. The Morgan fingerprint density at radius 2 is 1.61 bits per heavy atom. The smallest absolute Gasteiger partial charge is 0.193 e. The molecule has 0 radical (unpaired) electrons. The molecule has 2 aromatic rings. The summed E-state index contributed by atoms with van der Waals surface area (Å²) in [5.74, 6) is 3.38. The highest BCUT2D eigenvalue weighted by Crippen LogP contribution is 2.24. The number of benzene rings is 2. The second-order valence-corrected chi connectivity index (χ2v) is 6.11. The first-order valence-electron chi connectivity index (χ1n) is 8.87. The Morgan fingerprint density at radius 3 is 2.18 bits per heavy atom. The summed E-state index contributed by atoms with van der Waals surface area (Å²) in [5, 5.41) is 3.40. The normalized spacial score (nSPS) is 10.7. The summed E-state index contributed by atoms with van der Waals surface area (Å²) in [7, 11) is 8.83. The van der Waals surface area contributed by atoms with Gasteiger partial charge in [0.2, 0.25) is 0 Å². The van der Waals surface area contributed by atoms with Crippen LogP contribution in [0.4, 0.5) is 0 Å². The molecular formula is C21H30IN3O3.